The van der Waals surface area contributed by atoms with E-state index in [0.29, 0.717) is 23.5 Å². The summed E-state index contributed by atoms with van der Waals surface area (Å²) in [4.78, 5) is 51.3. The minimum atomic E-state index is -0.642. The average Bonchev–Trinajstić information content (AvgIpc) is 3.47. The van der Waals surface area contributed by atoms with Gasteiger partial charge < -0.3 is 19.7 Å². The summed E-state index contributed by atoms with van der Waals surface area (Å²) in [5.41, 5.74) is 2.35. The number of aryl methyl sites for hydroxylation is 1. The molecule has 4 rings (SSSR count). The second kappa shape index (κ2) is 8.89. The normalized spacial score (nSPS) is 15.0. The molecule has 1 fully saturated rings. The third-order valence-corrected chi connectivity index (χ3v) is 6.59. The number of methoxy groups -OCH3 is 1. The first-order chi connectivity index (χ1) is 15.0. The van der Waals surface area contributed by atoms with Crippen molar-refractivity contribution in [3.63, 3.8) is 0 Å². The molecular formula is C22H22N2O6S. The fourth-order valence-corrected chi connectivity index (χ4v) is 5.18. The molecule has 0 unspecified atom stereocenters. The number of carbonyl (C=O) groups is 4. The van der Waals surface area contributed by atoms with E-state index in [9.17, 15) is 19.2 Å². The maximum Gasteiger partial charge on any atom is 0.341 e. The maximum absolute atomic E-state index is 12.3. The van der Waals surface area contributed by atoms with Crippen molar-refractivity contribution in [2.45, 2.75) is 32.1 Å². The van der Waals surface area contributed by atoms with Crippen LogP contribution in [0.3, 0.4) is 0 Å². The number of amides is 2. The van der Waals surface area contributed by atoms with Crippen LogP contribution in [0.5, 0.6) is 0 Å². The molecule has 2 aromatic rings. The molecule has 162 valence electrons. The minimum Gasteiger partial charge on any atom is -0.465 e. The second-order valence-corrected chi connectivity index (χ2v) is 8.48. The predicted molar refractivity (Wildman–Crippen MR) is 115 cm³/mol. The van der Waals surface area contributed by atoms with Crippen molar-refractivity contribution in [3.05, 3.63) is 45.8 Å². The summed E-state index contributed by atoms with van der Waals surface area (Å²) < 4.78 is 9.97. The number of hydrogen-bond donors (Lipinski definition) is 1. The van der Waals surface area contributed by atoms with Gasteiger partial charge in [0.05, 0.1) is 18.2 Å². The molecule has 0 saturated carbocycles. The van der Waals surface area contributed by atoms with Gasteiger partial charge in [0.1, 0.15) is 5.00 Å². The molecule has 1 aromatic carbocycles. The monoisotopic (exact) mass is 442 g/mol. The van der Waals surface area contributed by atoms with E-state index in [4.69, 9.17) is 9.47 Å². The fourth-order valence-electron chi connectivity index (χ4n) is 3.89. The van der Waals surface area contributed by atoms with Crippen LogP contribution in [-0.2, 0) is 31.9 Å². The number of ether oxygens (including phenoxy) is 2. The Morgan fingerprint density at radius 3 is 2.52 bits per heavy atom. The van der Waals surface area contributed by atoms with Gasteiger partial charge in [-0.25, -0.2) is 9.59 Å². The van der Waals surface area contributed by atoms with Gasteiger partial charge in [-0.2, -0.15) is 0 Å². The van der Waals surface area contributed by atoms with Crippen LogP contribution in [0.4, 0.5) is 10.7 Å². The molecule has 2 heterocycles. The topological polar surface area (TPSA) is 102 Å². The Labute approximate surface area is 183 Å². The van der Waals surface area contributed by atoms with E-state index < -0.39 is 24.5 Å². The first-order valence-corrected chi connectivity index (χ1v) is 10.9. The molecule has 2 aliphatic rings. The quantitative estimate of drug-likeness (QED) is 0.690. The number of anilines is 2. The minimum absolute atomic E-state index is 0.0675. The highest BCUT2D eigenvalue weighted by molar-refractivity contribution is 7.17. The van der Waals surface area contributed by atoms with E-state index in [-0.39, 0.29) is 11.5 Å². The number of fused-ring (bicyclic) bond motifs is 1. The zero-order valence-electron chi connectivity index (χ0n) is 17.1. The molecule has 1 aliphatic heterocycles. The highest BCUT2D eigenvalue weighted by Crippen LogP contribution is 2.39. The summed E-state index contributed by atoms with van der Waals surface area (Å²) >= 11 is 1.36. The molecule has 9 heteroatoms. The fraction of sp³-hybridized carbons (Fsp3) is 0.364. The van der Waals surface area contributed by atoms with Crippen molar-refractivity contribution in [1.29, 1.82) is 0 Å². The van der Waals surface area contributed by atoms with E-state index in [1.54, 1.807) is 29.2 Å². The van der Waals surface area contributed by atoms with Gasteiger partial charge >= 0.3 is 11.9 Å². The lowest BCUT2D eigenvalue weighted by Crippen LogP contribution is -2.24. The first-order valence-electron chi connectivity index (χ1n) is 10.1. The van der Waals surface area contributed by atoms with Crippen molar-refractivity contribution in [2.24, 2.45) is 0 Å². The second-order valence-electron chi connectivity index (χ2n) is 7.37. The van der Waals surface area contributed by atoms with E-state index in [2.05, 4.69) is 5.32 Å². The van der Waals surface area contributed by atoms with Gasteiger partial charge in [-0.05, 0) is 55.5 Å². The Balaban J connectivity index is 1.35. The number of nitrogens with zero attached hydrogens (tertiary/aromatic N) is 1. The number of rotatable bonds is 6. The molecule has 0 spiro atoms. The van der Waals surface area contributed by atoms with E-state index in [0.717, 1.165) is 41.8 Å². The van der Waals surface area contributed by atoms with Gasteiger partial charge in [0.15, 0.2) is 6.61 Å². The first kappa shape index (κ1) is 21.0. The molecule has 0 bridgehead atoms. The SMILES string of the molecule is COC(=O)c1c(NC(=O)COC(=O)c2ccc(N3CCCC3=O)cc2)sc2c1CCC2. The summed E-state index contributed by atoms with van der Waals surface area (Å²) in [6.45, 7) is 0.191. The van der Waals surface area contributed by atoms with Crippen LogP contribution in [0.15, 0.2) is 24.3 Å². The van der Waals surface area contributed by atoms with Gasteiger partial charge in [-0.1, -0.05) is 0 Å². The Bertz CT molecular complexity index is 1040. The van der Waals surface area contributed by atoms with E-state index in [1.807, 2.05) is 0 Å². The standard InChI is InChI=1S/C22H22N2O6S/c1-29-22(28)19-15-4-2-5-16(15)31-20(19)23-17(25)12-30-21(27)13-7-9-14(10-8-13)24-11-3-6-18(24)26/h7-10H,2-6,11-12H2,1H3,(H,23,25). The Kier molecular flexibility index (Phi) is 6.03. The number of hydrogen-bond acceptors (Lipinski definition) is 7. The van der Waals surface area contributed by atoms with Gasteiger partial charge in [0, 0.05) is 23.5 Å². The van der Waals surface area contributed by atoms with Crippen molar-refractivity contribution in [2.75, 3.05) is 30.5 Å². The highest BCUT2D eigenvalue weighted by Gasteiger charge is 2.28. The van der Waals surface area contributed by atoms with Crippen molar-refractivity contribution >= 4 is 45.8 Å². The largest absolute Gasteiger partial charge is 0.465 e. The summed E-state index contributed by atoms with van der Waals surface area (Å²) in [7, 11) is 1.31. The summed E-state index contributed by atoms with van der Waals surface area (Å²) in [5.74, 6) is -1.59. The zero-order valence-corrected chi connectivity index (χ0v) is 17.9. The molecule has 8 nitrogen and oxygen atoms in total. The number of benzene rings is 1. The molecule has 1 aromatic heterocycles. The van der Waals surface area contributed by atoms with Crippen LogP contribution >= 0.6 is 11.3 Å². The average molecular weight is 442 g/mol. The van der Waals surface area contributed by atoms with Crippen molar-refractivity contribution in [1.82, 2.24) is 0 Å². The lowest BCUT2D eigenvalue weighted by Gasteiger charge is -2.15. The lowest BCUT2D eigenvalue weighted by atomic mass is 10.1. The van der Waals surface area contributed by atoms with Crippen molar-refractivity contribution in [3.8, 4) is 0 Å². The van der Waals surface area contributed by atoms with Crippen LogP contribution in [-0.4, -0.2) is 44.0 Å². The van der Waals surface area contributed by atoms with E-state index >= 15 is 0 Å². The smallest absolute Gasteiger partial charge is 0.341 e. The molecule has 0 radical (unpaired) electrons. The Hall–Kier alpha value is -3.20. The van der Waals surface area contributed by atoms with Crippen LogP contribution < -0.4 is 10.2 Å². The van der Waals surface area contributed by atoms with Crippen LogP contribution in [0.2, 0.25) is 0 Å². The van der Waals surface area contributed by atoms with Crippen LogP contribution in [0.25, 0.3) is 0 Å². The van der Waals surface area contributed by atoms with Crippen molar-refractivity contribution < 1.29 is 28.7 Å². The Morgan fingerprint density at radius 1 is 1.06 bits per heavy atom. The third kappa shape index (κ3) is 4.32. The molecule has 0 atom stereocenters. The Morgan fingerprint density at radius 2 is 1.84 bits per heavy atom. The number of esters is 2. The number of nitrogens with one attached hydrogen (secondary N) is 1. The molecule has 31 heavy (non-hydrogen) atoms. The molecule has 1 aliphatic carbocycles. The van der Waals surface area contributed by atoms with Crippen LogP contribution in [0.1, 0.15) is 50.4 Å². The maximum atomic E-state index is 12.3. The zero-order chi connectivity index (χ0) is 22.0. The van der Waals surface area contributed by atoms with Gasteiger partial charge in [-0.3, -0.25) is 9.59 Å². The van der Waals surface area contributed by atoms with Gasteiger partial charge in [0.2, 0.25) is 5.91 Å². The van der Waals surface area contributed by atoms with Crippen LogP contribution in [0, 0.1) is 0 Å². The third-order valence-electron chi connectivity index (χ3n) is 5.39. The number of carbonyl (C=O) groups excluding carboxylic acids is 4. The van der Waals surface area contributed by atoms with Gasteiger partial charge in [-0.15, -0.1) is 11.3 Å². The summed E-state index contributed by atoms with van der Waals surface area (Å²) in [6.07, 6.45) is 3.97. The summed E-state index contributed by atoms with van der Waals surface area (Å²) in [6, 6.07) is 6.52. The summed E-state index contributed by atoms with van der Waals surface area (Å²) in [5, 5.41) is 3.10. The molecule has 1 N–H and O–H groups in total. The van der Waals surface area contributed by atoms with Gasteiger partial charge in [0.25, 0.3) is 5.91 Å². The molecule has 2 amide bonds. The molecule has 1 saturated heterocycles. The molecular weight excluding hydrogens is 420 g/mol. The lowest BCUT2D eigenvalue weighted by molar-refractivity contribution is -0.119. The number of thiophene rings is 1. The van der Waals surface area contributed by atoms with E-state index in [1.165, 1.54) is 18.4 Å². The predicted octanol–water partition coefficient (Wildman–Crippen LogP) is 2.95. The highest BCUT2D eigenvalue weighted by atomic mass is 32.1.